The highest BCUT2D eigenvalue weighted by molar-refractivity contribution is 6.04. The molecule has 0 saturated heterocycles. The molecule has 2 aromatic carbocycles. The second kappa shape index (κ2) is 6.31. The van der Waals surface area contributed by atoms with Crippen LogP contribution in [0.4, 0.5) is 0 Å². The largest absolute Gasteiger partial charge is 0.456 e. The Morgan fingerprint density at radius 2 is 1.76 bits per heavy atom. The summed E-state index contributed by atoms with van der Waals surface area (Å²) in [6.45, 7) is 5.49. The lowest BCUT2D eigenvalue weighted by Crippen LogP contribution is -2.23. The van der Waals surface area contributed by atoms with Crippen LogP contribution in [-0.4, -0.2) is 12.6 Å². The van der Waals surface area contributed by atoms with Crippen molar-refractivity contribution >= 4 is 21.9 Å². The van der Waals surface area contributed by atoms with Crippen molar-refractivity contribution in [3.05, 3.63) is 48.0 Å². The van der Waals surface area contributed by atoms with Crippen molar-refractivity contribution < 1.29 is 4.42 Å². The van der Waals surface area contributed by atoms with Gasteiger partial charge in [0, 0.05) is 16.8 Å². The second-order valence-electron chi connectivity index (χ2n) is 5.99. The van der Waals surface area contributed by atoms with Crippen LogP contribution in [0.1, 0.15) is 32.3 Å². The first-order valence-electron chi connectivity index (χ1n) is 7.87. The second-order valence-corrected chi connectivity index (χ2v) is 5.99. The highest BCUT2D eigenvalue weighted by Crippen LogP contribution is 2.29. The molecular weight excluding hydrogens is 258 g/mol. The fourth-order valence-corrected chi connectivity index (χ4v) is 2.77. The molecule has 1 N–H and O–H groups in total. The number of hydrogen-bond donors (Lipinski definition) is 1. The number of rotatable bonds is 6. The van der Waals surface area contributed by atoms with Gasteiger partial charge in [-0.05, 0) is 49.6 Å². The Morgan fingerprint density at radius 3 is 2.62 bits per heavy atom. The quantitative estimate of drug-likeness (QED) is 0.650. The molecule has 0 spiro atoms. The number of furan rings is 1. The van der Waals surface area contributed by atoms with Crippen LogP contribution in [0, 0.1) is 0 Å². The first-order chi connectivity index (χ1) is 10.2. The highest BCUT2D eigenvalue weighted by atomic mass is 16.3. The number of hydrogen-bond acceptors (Lipinski definition) is 2. The van der Waals surface area contributed by atoms with E-state index in [9.17, 15) is 0 Å². The van der Waals surface area contributed by atoms with Gasteiger partial charge in [-0.25, -0.2) is 0 Å². The highest BCUT2D eigenvalue weighted by Gasteiger charge is 2.06. The van der Waals surface area contributed by atoms with Gasteiger partial charge < -0.3 is 9.73 Å². The Labute approximate surface area is 126 Å². The third-order valence-electron chi connectivity index (χ3n) is 3.89. The van der Waals surface area contributed by atoms with Gasteiger partial charge in [0.25, 0.3) is 0 Å². The van der Waals surface area contributed by atoms with Crippen LogP contribution in [0.15, 0.2) is 46.9 Å². The van der Waals surface area contributed by atoms with Crippen molar-refractivity contribution in [2.75, 3.05) is 6.54 Å². The number of para-hydroxylation sites is 1. The maximum absolute atomic E-state index is 5.87. The summed E-state index contributed by atoms with van der Waals surface area (Å²) >= 11 is 0. The molecule has 0 bridgehead atoms. The first-order valence-corrected chi connectivity index (χ1v) is 7.87. The Hall–Kier alpha value is -1.80. The van der Waals surface area contributed by atoms with E-state index in [4.69, 9.17) is 4.42 Å². The van der Waals surface area contributed by atoms with Crippen molar-refractivity contribution in [1.82, 2.24) is 5.32 Å². The van der Waals surface area contributed by atoms with Gasteiger partial charge in [0.2, 0.25) is 0 Å². The van der Waals surface area contributed by atoms with Gasteiger partial charge in [0.15, 0.2) is 0 Å². The van der Waals surface area contributed by atoms with Gasteiger partial charge in [-0.3, -0.25) is 0 Å². The van der Waals surface area contributed by atoms with Crippen molar-refractivity contribution in [3.8, 4) is 0 Å². The number of unbranched alkanes of at least 4 members (excludes halogenated alkanes) is 1. The van der Waals surface area contributed by atoms with Gasteiger partial charge >= 0.3 is 0 Å². The van der Waals surface area contributed by atoms with Crippen LogP contribution >= 0.6 is 0 Å². The van der Waals surface area contributed by atoms with E-state index in [-0.39, 0.29) is 0 Å². The molecule has 0 amide bonds. The van der Waals surface area contributed by atoms with Crippen LogP contribution in [0.3, 0.4) is 0 Å². The minimum absolute atomic E-state index is 0.582. The maximum atomic E-state index is 5.87. The molecule has 110 valence electrons. The monoisotopic (exact) mass is 281 g/mol. The third-order valence-corrected chi connectivity index (χ3v) is 3.89. The summed E-state index contributed by atoms with van der Waals surface area (Å²) in [5, 5.41) is 5.92. The van der Waals surface area contributed by atoms with Crippen molar-refractivity contribution in [2.24, 2.45) is 0 Å². The van der Waals surface area contributed by atoms with E-state index < -0.39 is 0 Å². The molecular formula is C19H23NO. The van der Waals surface area contributed by atoms with Crippen LogP contribution < -0.4 is 5.32 Å². The molecule has 1 aromatic heterocycles. The molecule has 2 nitrogen and oxygen atoms in total. The van der Waals surface area contributed by atoms with E-state index in [1.165, 1.54) is 29.2 Å². The molecule has 21 heavy (non-hydrogen) atoms. The zero-order valence-corrected chi connectivity index (χ0v) is 12.9. The molecule has 1 heterocycles. The Morgan fingerprint density at radius 1 is 0.952 bits per heavy atom. The average molecular weight is 281 g/mol. The fraction of sp³-hybridized carbons (Fsp3) is 0.368. The van der Waals surface area contributed by atoms with E-state index in [1.807, 2.05) is 12.1 Å². The average Bonchev–Trinajstić information content (AvgIpc) is 2.84. The van der Waals surface area contributed by atoms with E-state index in [0.717, 1.165) is 24.1 Å². The van der Waals surface area contributed by atoms with Gasteiger partial charge in [-0.2, -0.15) is 0 Å². The summed E-state index contributed by atoms with van der Waals surface area (Å²) in [4.78, 5) is 0. The number of aryl methyl sites for hydroxylation is 1. The van der Waals surface area contributed by atoms with Gasteiger partial charge in [0.1, 0.15) is 11.2 Å². The lowest BCUT2D eigenvalue weighted by Gasteiger charge is -2.07. The van der Waals surface area contributed by atoms with Crippen LogP contribution in [0.5, 0.6) is 0 Å². The summed E-state index contributed by atoms with van der Waals surface area (Å²) in [6, 6.07) is 15.4. The Kier molecular flexibility index (Phi) is 4.26. The van der Waals surface area contributed by atoms with Gasteiger partial charge in [0.05, 0.1) is 0 Å². The van der Waals surface area contributed by atoms with E-state index in [0.29, 0.717) is 6.04 Å². The Balaban J connectivity index is 1.70. The van der Waals surface area contributed by atoms with Gasteiger partial charge in [-0.1, -0.05) is 38.1 Å². The molecule has 3 rings (SSSR count). The fourth-order valence-electron chi connectivity index (χ4n) is 2.77. The molecule has 3 aromatic rings. The maximum Gasteiger partial charge on any atom is 0.135 e. The molecule has 0 aliphatic rings. The summed E-state index contributed by atoms with van der Waals surface area (Å²) < 4.78 is 5.87. The minimum atomic E-state index is 0.582. The van der Waals surface area contributed by atoms with E-state index in [2.05, 4.69) is 49.5 Å². The first kappa shape index (κ1) is 14.2. The standard InChI is InChI=1S/C19H23NO/c1-14(2)20-12-6-5-7-15-10-11-19-17(13-15)16-8-3-4-9-18(16)21-19/h3-4,8-11,13-14,20H,5-7,12H2,1-2H3. The normalized spacial score (nSPS) is 11.8. The van der Waals surface area contributed by atoms with Crippen LogP contribution in [-0.2, 0) is 6.42 Å². The summed E-state index contributed by atoms with van der Waals surface area (Å²) in [7, 11) is 0. The molecule has 0 saturated carbocycles. The number of fused-ring (bicyclic) bond motifs is 3. The predicted molar refractivity (Wildman–Crippen MR) is 89.8 cm³/mol. The Bertz CT molecular complexity index is 727. The van der Waals surface area contributed by atoms with Gasteiger partial charge in [-0.15, -0.1) is 0 Å². The summed E-state index contributed by atoms with van der Waals surface area (Å²) in [5.41, 5.74) is 3.37. The lowest BCUT2D eigenvalue weighted by molar-refractivity contribution is 0.557. The van der Waals surface area contributed by atoms with Crippen molar-refractivity contribution in [3.63, 3.8) is 0 Å². The van der Waals surface area contributed by atoms with Crippen molar-refractivity contribution in [1.29, 1.82) is 0 Å². The predicted octanol–water partition coefficient (Wildman–Crippen LogP) is 4.91. The molecule has 0 aliphatic carbocycles. The van der Waals surface area contributed by atoms with E-state index in [1.54, 1.807) is 0 Å². The minimum Gasteiger partial charge on any atom is -0.456 e. The molecule has 0 aliphatic heterocycles. The lowest BCUT2D eigenvalue weighted by atomic mass is 10.0. The number of benzene rings is 2. The summed E-state index contributed by atoms with van der Waals surface area (Å²) in [5.74, 6) is 0. The molecule has 0 fully saturated rings. The van der Waals surface area contributed by atoms with Crippen LogP contribution in [0.2, 0.25) is 0 Å². The van der Waals surface area contributed by atoms with E-state index >= 15 is 0 Å². The smallest absolute Gasteiger partial charge is 0.135 e. The zero-order valence-electron chi connectivity index (χ0n) is 12.9. The zero-order chi connectivity index (χ0) is 14.7. The summed E-state index contributed by atoms with van der Waals surface area (Å²) in [6.07, 6.45) is 3.58. The molecule has 0 radical (unpaired) electrons. The number of nitrogens with one attached hydrogen (secondary N) is 1. The molecule has 0 atom stereocenters. The molecule has 2 heteroatoms. The topological polar surface area (TPSA) is 25.2 Å². The molecule has 0 unspecified atom stereocenters. The van der Waals surface area contributed by atoms with Crippen LogP contribution in [0.25, 0.3) is 21.9 Å². The third kappa shape index (κ3) is 3.27. The SMILES string of the molecule is CC(C)NCCCCc1ccc2oc3ccccc3c2c1. The van der Waals surface area contributed by atoms with Crippen molar-refractivity contribution in [2.45, 2.75) is 39.2 Å².